The van der Waals surface area contributed by atoms with Crippen LogP contribution in [0.1, 0.15) is 24.3 Å². The largest absolute Gasteiger partial charge is 0.497 e. The number of hydrogen-bond acceptors (Lipinski definition) is 5. The Morgan fingerprint density at radius 2 is 1.93 bits per heavy atom. The highest BCUT2D eigenvalue weighted by molar-refractivity contribution is 14.0. The molecule has 0 radical (unpaired) electrons. The number of halogens is 1. The van der Waals surface area contributed by atoms with E-state index in [1.165, 1.54) is 0 Å². The Morgan fingerprint density at radius 3 is 2.48 bits per heavy atom. The Bertz CT molecular complexity index is 750. The minimum Gasteiger partial charge on any atom is -0.497 e. The zero-order chi connectivity index (χ0) is 20.5. The quantitative estimate of drug-likeness (QED) is 0.312. The lowest BCUT2D eigenvalue weighted by Gasteiger charge is -2.25. The Morgan fingerprint density at radius 1 is 1.17 bits per heavy atom. The molecule has 1 atom stereocenters. The fraction of sp³-hybridized carbons (Fsp3) is 0.476. The molecule has 0 amide bonds. The summed E-state index contributed by atoms with van der Waals surface area (Å²) in [6.07, 6.45) is 1.70. The smallest absolute Gasteiger partial charge is 0.194 e. The van der Waals surface area contributed by atoms with Crippen molar-refractivity contribution in [3.8, 4) is 11.5 Å². The Balaban J connectivity index is 0.00000420. The molecule has 1 aromatic carbocycles. The number of benzene rings is 1. The lowest BCUT2D eigenvalue weighted by atomic mass is 10.2. The lowest BCUT2D eigenvalue weighted by Crippen LogP contribution is -2.39. The molecule has 2 rings (SSSR count). The van der Waals surface area contributed by atoms with Gasteiger partial charge in [0.15, 0.2) is 5.96 Å². The van der Waals surface area contributed by atoms with Crippen LogP contribution in [-0.2, 0) is 6.54 Å². The molecular formula is C21H33IN4O3. The van der Waals surface area contributed by atoms with Gasteiger partial charge in [-0.1, -0.05) is 0 Å². The molecule has 0 saturated carbocycles. The summed E-state index contributed by atoms with van der Waals surface area (Å²) in [4.78, 5) is 9.04. The molecule has 0 bridgehead atoms. The number of nitrogens with one attached hydrogen (secondary N) is 1. The van der Waals surface area contributed by atoms with Gasteiger partial charge in [-0.2, -0.15) is 0 Å². The van der Waals surface area contributed by atoms with Crippen molar-refractivity contribution >= 4 is 29.9 Å². The van der Waals surface area contributed by atoms with Crippen LogP contribution < -0.4 is 14.8 Å². The summed E-state index contributed by atoms with van der Waals surface area (Å²) in [7, 11) is 9.39. The summed E-state index contributed by atoms with van der Waals surface area (Å²) in [5.74, 6) is 3.31. The van der Waals surface area contributed by atoms with E-state index in [0.29, 0.717) is 13.1 Å². The van der Waals surface area contributed by atoms with Gasteiger partial charge in [-0.05, 0) is 45.3 Å². The molecule has 2 aromatic rings. The maximum absolute atomic E-state index is 5.58. The van der Waals surface area contributed by atoms with Gasteiger partial charge in [0.05, 0.1) is 33.1 Å². The van der Waals surface area contributed by atoms with E-state index >= 15 is 0 Å². The average Bonchev–Trinajstić information content (AvgIpc) is 3.21. The van der Waals surface area contributed by atoms with Gasteiger partial charge in [-0.3, -0.25) is 9.89 Å². The highest BCUT2D eigenvalue weighted by Crippen LogP contribution is 2.25. The third-order valence-corrected chi connectivity index (χ3v) is 4.51. The van der Waals surface area contributed by atoms with E-state index in [2.05, 4.69) is 22.0 Å². The Labute approximate surface area is 191 Å². The van der Waals surface area contributed by atoms with Gasteiger partial charge in [0.2, 0.25) is 0 Å². The average molecular weight is 516 g/mol. The molecule has 1 unspecified atom stereocenters. The van der Waals surface area contributed by atoms with Crippen molar-refractivity contribution in [2.75, 3.05) is 48.5 Å². The third kappa shape index (κ3) is 7.11. The molecule has 7 nitrogen and oxygen atoms in total. The topological polar surface area (TPSA) is 62.5 Å². The molecule has 0 spiro atoms. The zero-order valence-corrected chi connectivity index (χ0v) is 20.5. The molecule has 1 heterocycles. The Kier molecular flexibility index (Phi) is 10.9. The molecule has 8 heteroatoms. The number of methoxy groups -OCH3 is 2. The summed E-state index contributed by atoms with van der Waals surface area (Å²) < 4.78 is 16.4. The van der Waals surface area contributed by atoms with Crippen LogP contribution >= 0.6 is 24.0 Å². The number of rotatable bonds is 9. The van der Waals surface area contributed by atoms with Gasteiger partial charge in [-0.25, -0.2) is 0 Å². The molecule has 0 aliphatic heterocycles. The number of guanidine groups is 1. The summed E-state index contributed by atoms with van der Waals surface area (Å²) in [6, 6.07) is 9.82. The van der Waals surface area contributed by atoms with E-state index in [1.807, 2.05) is 51.5 Å². The van der Waals surface area contributed by atoms with Crippen LogP contribution in [0.4, 0.5) is 0 Å². The van der Waals surface area contributed by atoms with Crippen LogP contribution in [0.25, 0.3) is 0 Å². The van der Waals surface area contributed by atoms with Gasteiger partial charge in [0.25, 0.3) is 0 Å². The molecule has 0 aliphatic carbocycles. The summed E-state index contributed by atoms with van der Waals surface area (Å²) in [6.45, 7) is 4.10. The second-order valence-electron chi connectivity index (χ2n) is 6.72. The van der Waals surface area contributed by atoms with Gasteiger partial charge < -0.3 is 24.1 Å². The van der Waals surface area contributed by atoms with Crippen LogP contribution in [0.5, 0.6) is 11.5 Å². The highest BCUT2D eigenvalue weighted by Gasteiger charge is 2.18. The molecule has 0 fully saturated rings. The predicted molar refractivity (Wildman–Crippen MR) is 128 cm³/mol. The fourth-order valence-electron chi connectivity index (χ4n) is 2.94. The number of nitrogens with zero attached hydrogens (tertiary/aromatic N) is 3. The minimum absolute atomic E-state index is 0. The molecule has 1 aromatic heterocycles. The molecule has 1 N–H and O–H groups in total. The van der Waals surface area contributed by atoms with Crippen molar-refractivity contribution < 1.29 is 13.9 Å². The lowest BCUT2D eigenvalue weighted by molar-refractivity contribution is 0.264. The second-order valence-corrected chi connectivity index (χ2v) is 6.72. The van der Waals surface area contributed by atoms with Crippen molar-refractivity contribution in [2.24, 2.45) is 4.99 Å². The second kappa shape index (κ2) is 12.6. The molecule has 0 saturated heterocycles. The maximum atomic E-state index is 5.58. The number of furan rings is 1. The first kappa shape index (κ1) is 25.1. The molecule has 162 valence electrons. The van der Waals surface area contributed by atoms with Crippen LogP contribution in [0.2, 0.25) is 0 Å². The van der Waals surface area contributed by atoms with Crippen molar-refractivity contribution in [1.29, 1.82) is 0 Å². The first-order valence-corrected chi connectivity index (χ1v) is 9.40. The van der Waals surface area contributed by atoms with Crippen LogP contribution in [-0.4, -0.2) is 64.2 Å². The van der Waals surface area contributed by atoms with E-state index in [4.69, 9.17) is 18.9 Å². The first-order valence-electron chi connectivity index (χ1n) is 9.40. The normalized spacial score (nSPS) is 12.3. The maximum Gasteiger partial charge on any atom is 0.194 e. The number of hydrogen-bond donors (Lipinski definition) is 1. The van der Waals surface area contributed by atoms with Crippen LogP contribution in [0, 0.1) is 0 Å². The monoisotopic (exact) mass is 516 g/mol. The van der Waals surface area contributed by atoms with Crippen molar-refractivity contribution in [3.63, 3.8) is 0 Å². The first-order chi connectivity index (χ1) is 13.5. The van der Waals surface area contributed by atoms with E-state index in [9.17, 15) is 0 Å². The number of ether oxygens (including phenoxy) is 2. The molecule has 0 aliphatic rings. The van der Waals surface area contributed by atoms with Crippen molar-refractivity contribution in [1.82, 2.24) is 15.1 Å². The van der Waals surface area contributed by atoms with E-state index in [1.54, 1.807) is 20.5 Å². The summed E-state index contributed by atoms with van der Waals surface area (Å²) in [5, 5.41) is 3.36. The van der Waals surface area contributed by atoms with E-state index in [-0.39, 0.29) is 30.0 Å². The molecular weight excluding hydrogens is 483 g/mol. The summed E-state index contributed by atoms with van der Waals surface area (Å²) in [5.41, 5.74) is 1.06. The minimum atomic E-state index is 0. The van der Waals surface area contributed by atoms with E-state index < -0.39 is 0 Å². The molecule has 29 heavy (non-hydrogen) atoms. The van der Waals surface area contributed by atoms with Gasteiger partial charge in [0, 0.05) is 31.8 Å². The third-order valence-electron chi connectivity index (χ3n) is 4.51. The van der Waals surface area contributed by atoms with Gasteiger partial charge >= 0.3 is 0 Å². The van der Waals surface area contributed by atoms with Crippen LogP contribution in [0.15, 0.2) is 46.0 Å². The standard InChI is InChI=1S/C21H32N4O3.HI/c1-7-22-21(23-14-18(24(2)3)19-9-8-12-28-19)25(4)15-16-10-11-17(26-5)13-20(16)27-6;/h8-13,18H,7,14-15H2,1-6H3,(H,22,23);1H. The van der Waals surface area contributed by atoms with E-state index in [0.717, 1.165) is 35.3 Å². The van der Waals surface area contributed by atoms with Crippen LogP contribution in [0.3, 0.4) is 0 Å². The number of aliphatic imine (C=N–C) groups is 1. The van der Waals surface area contributed by atoms with Gasteiger partial charge in [0.1, 0.15) is 17.3 Å². The van der Waals surface area contributed by atoms with Gasteiger partial charge in [-0.15, -0.1) is 24.0 Å². The highest BCUT2D eigenvalue weighted by atomic mass is 127. The SMILES string of the molecule is CCNC(=NCC(c1ccco1)N(C)C)N(C)Cc1ccc(OC)cc1OC.I. The summed E-state index contributed by atoms with van der Waals surface area (Å²) >= 11 is 0. The van der Waals surface area contributed by atoms with Crippen molar-refractivity contribution in [3.05, 3.63) is 47.9 Å². The number of likely N-dealkylation sites (N-methyl/N-ethyl adjacent to an activating group) is 1. The predicted octanol–water partition coefficient (Wildman–Crippen LogP) is 3.62. The van der Waals surface area contributed by atoms with Crippen molar-refractivity contribution in [2.45, 2.75) is 19.5 Å². The Hall–Kier alpha value is -1.94. The zero-order valence-electron chi connectivity index (χ0n) is 18.1. The fourth-order valence-corrected chi connectivity index (χ4v) is 2.94.